The maximum atomic E-state index is 12.9. The van der Waals surface area contributed by atoms with Gasteiger partial charge in [-0.05, 0) is 24.1 Å². The molecular weight excluding hydrogens is 205 g/mol. The number of nitrogens with zero attached hydrogens (tertiary/aromatic N) is 1. The Kier molecular flexibility index (Phi) is 4.27. The van der Waals surface area contributed by atoms with Crippen LogP contribution in [-0.2, 0) is 0 Å². The van der Waals surface area contributed by atoms with Crippen LogP contribution in [0.15, 0.2) is 18.2 Å². The first kappa shape index (κ1) is 12.5. The highest BCUT2D eigenvalue weighted by atomic mass is 19.1. The van der Waals surface area contributed by atoms with Crippen molar-refractivity contribution in [2.24, 2.45) is 11.7 Å². The van der Waals surface area contributed by atoms with Crippen LogP contribution in [-0.4, -0.2) is 12.6 Å². The number of anilines is 1. The minimum absolute atomic E-state index is 0.0811. The summed E-state index contributed by atoms with van der Waals surface area (Å²) in [6.07, 6.45) is 0. The Hall–Kier alpha value is -1.60. The van der Waals surface area contributed by atoms with Crippen LogP contribution in [0.2, 0.25) is 0 Å². The van der Waals surface area contributed by atoms with Crippen LogP contribution in [0.4, 0.5) is 10.1 Å². The van der Waals surface area contributed by atoms with Crippen molar-refractivity contribution in [3.05, 3.63) is 29.6 Å². The van der Waals surface area contributed by atoms with E-state index in [-0.39, 0.29) is 6.04 Å². The predicted molar refractivity (Wildman–Crippen MR) is 62.4 cm³/mol. The zero-order valence-corrected chi connectivity index (χ0v) is 9.50. The van der Waals surface area contributed by atoms with E-state index < -0.39 is 5.82 Å². The molecule has 0 saturated heterocycles. The Labute approximate surface area is 95.1 Å². The molecule has 0 spiro atoms. The van der Waals surface area contributed by atoms with Crippen LogP contribution in [0.25, 0.3) is 0 Å². The number of nitrogens with two attached hydrogens (primary N) is 1. The van der Waals surface area contributed by atoms with Crippen LogP contribution in [0.3, 0.4) is 0 Å². The molecule has 1 rings (SSSR count). The highest BCUT2D eigenvalue weighted by Gasteiger charge is 2.13. The number of rotatable bonds is 4. The standard InChI is InChI=1S/C12H16FN3/c1-8(2)12(7-15)16-11-4-3-10(13)5-9(11)6-14/h3-5,8,12,16H,7,15H2,1-2H3. The molecule has 0 heterocycles. The van der Waals surface area contributed by atoms with Crippen molar-refractivity contribution in [3.8, 4) is 6.07 Å². The number of halogens is 1. The fraction of sp³-hybridized carbons (Fsp3) is 0.417. The molecular formula is C12H16FN3. The molecule has 16 heavy (non-hydrogen) atoms. The molecule has 0 amide bonds. The normalized spacial score (nSPS) is 12.2. The summed E-state index contributed by atoms with van der Waals surface area (Å²) in [6, 6.07) is 6.16. The maximum Gasteiger partial charge on any atom is 0.124 e. The Morgan fingerprint density at radius 3 is 2.69 bits per heavy atom. The molecule has 86 valence electrons. The quantitative estimate of drug-likeness (QED) is 0.818. The molecule has 0 radical (unpaired) electrons. The van der Waals surface area contributed by atoms with Gasteiger partial charge in [0.05, 0.1) is 11.3 Å². The van der Waals surface area contributed by atoms with Crippen molar-refractivity contribution in [1.29, 1.82) is 5.26 Å². The summed E-state index contributed by atoms with van der Waals surface area (Å²) in [5.41, 5.74) is 6.56. The topological polar surface area (TPSA) is 61.8 Å². The van der Waals surface area contributed by atoms with Gasteiger partial charge in [0, 0.05) is 12.6 Å². The molecule has 3 N–H and O–H groups in total. The summed E-state index contributed by atoms with van der Waals surface area (Å²) < 4.78 is 12.9. The third kappa shape index (κ3) is 2.94. The van der Waals surface area contributed by atoms with Crippen LogP contribution in [0.5, 0.6) is 0 Å². The van der Waals surface area contributed by atoms with E-state index >= 15 is 0 Å². The van der Waals surface area contributed by atoms with Gasteiger partial charge in [0.1, 0.15) is 11.9 Å². The average molecular weight is 221 g/mol. The molecule has 0 aliphatic heterocycles. The minimum atomic E-state index is -0.407. The van der Waals surface area contributed by atoms with Crippen LogP contribution < -0.4 is 11.1 Å². The second kappa shape index (κ2) is 5.47. The Balaban J connectivity index is 2.92. The molecule has 0 aliphatic carbocycles. The predicted octanol–water partition coefficient (Wildman–Crippen LogP) is 2.09. The maximum absolute atomic E-state index is 12.9. The fourth-order valence-corrected chi connectivity index (χ4v) is 1.43. The lowest BCUT2D eigenvalue weighted by atomic mass is 10.0. The largest absolute Gasteiger partial charge is 0.380 e. The molecule has 1 atom stereocenters. The van der Waals surface area contributed by atoms with Crippen LogP contribution >= 0.6 is 0 Å². The molecule has 4 heteroatoms. The molecule has 0 bridgehead atoms. The second-order valence-corrected chi connectivity index (χ2v) is 4.03. The lowest BCUT2D eigenvalue weighted by molar-refractivity contribution is 0.531. The zero-order chi connectivity index (χ0) is 12.1. The molecule has 1 aromatic rings. The zero-order valence-electron chi connectivity index (χ0n) is 9.50. The lowest BCUT2D eigenvalue weighted by Crippen LogP contribution is -2.33. The summed E-state index contributed by atoms with van der Waals surface area (Å²) in [4.78, 5) is 0. The molecule has 1 aromatic carbocycles. The highest BCUT2D eigenvalue weighted by molar-refractivity contribution is 5.58. The van der Waals surface area contributed by atoms with Gasteiger partial charge in [0.2, 0.25) is 0 Å². The van der Waals surface area contributed by atoms with Crippen molar-refractivity contribution >= 4 is 5.69 Å². The first-order valence-electron chi connectivity index (χ1n) is 5.24. The first-order chi connectivity index (χ1) is 7.58. The van der Waals surface area contributed by atoms with Gasteiger partial charge in [-0.1, -0.05) is 13.8 Å². The van der Waals surface area contributed by atoms with Crippen molar-refractivity contribution in [2.75, 3.05) is 11.9 Å². The molecule has 1 unspecified atom stereocenters. The number of nitriles is 1. The van der Waals surface area contributed by atoms with Gasteiger partial charge in [0.15, 0.2) is 0 Å². The van der Waals surface area contributed by atoms with E-state index in [1.165, 1.54) is 12.1 Å². The summed E-state index contributed by atoms with van der Waals surface area (Å²) in [7, 11) is 0. The van der Waals surface area contributed by atoms with E-state index in [2.05, 4.69) is 5.32 Å². The van der Waals surface area contributed by atoms with Crippen molar-refractivity contribution in [3.63, 3.8) is 0 Å². The Morgan fingerprint density at radius 2 is 2.19 bits per heavy atom. The van der Waals surface area contributed by atoms with Gasteiger partial charge in [-0.3, -0.25) is 0 Å². The van der Waals surface area contributed by atoms with Crippen molar-refractivity contribution in [2.45, 2.75) is 19.9 Å². The van der Waals surface area contributed by atoms with E-state index in [0.29, 0.717) is 23.7 Å². The summed E-state index contributed by atoms with van der Waals surface area (Å²) in [6.45, 7) is 4.56. The molecule has 0 fully saturated rings. The minimum Gasteiger partial charge on any atom is -0.380 e. The van der Waals surface area contributed by atoms with Gasteiger partial charge in [-0.25, -0.2) is 4.39 Å². The summed E-state index contributed by atoms with van der Waals surface area (Å²) >= 11 is 0. The van der Waals surface area contributed by atoms with Gasteiger partial charge in [-0.15, -0.1) is 0 Å². The van der Waals surface area contributed by atoms with E-state index in [1.807, 2.05) is 19.9 Å². The van der Waals surface area contributed by atoms with Crippen LogP contribution in [0.1, 0.15) is 19.4 Å². The third-order valence-electron chi connectivity index (χ3n) is 2.50. The van der Waals surface area contributed by atoms with Gasteiger partial charge in [0.25, 0.3) is 0 Å². The van der Waals surface area contributed by atoms with Gasteiger partial charge < -0.3 is 11.1 Å². The second-order valence-electron chi connectivity index (χ2n) is 4.03. The Morgan fingerprint density at radius 1 is 1.50 bits per heavy atom. The summed E-state index contributed by atoms with van der Waals surface area (Å²) in [5, 5.41) is 12.0. The highest BCUT2D eigenvalue weighted by Crippen LogP contribution is 2.18. The fourth-order valence-electron chi connectivity index (χ4n) is 1.43. The average Bonchev–Trinajstić information content (AvgIpc) is 2.26. The van der Waals surface area contributed by atoms with Gasteiger partial charge >= 0.3 is 0 Å². The number of nitrogens with one attached hydrogen (secondary N) is 1. The first-order valence-corrected chi connectivity index (χ1v) is 5.24. The number of hydrogen-bond donors (Lipinski definition) is 2. The number of hydrogen-bond acceptors (Lipinski definition) is 3. The van der Waals surface area contributed by atoms with E-state index in [1.54, 1.807) is 6.07 Å². The van der Waals surface area contributed by atoms with E-state index in [4.69, 9.17) is 11.0 Å². The lowest BCUT2D eigenvalue weighted by Gasteiger charge is -2.22. The molecule has 3 nitrogen and oxygen atoms in total. The SMILES string of the molecule is CC(C)C(CN)Nc1ccc(F)cc1C#N. The molecule has 0 aliphatic rings. The molecule has 0 saturated carbocycles. The van der Waals surface area contributed by atoms with E-state index in [9.17, 15) is 4.39 Å². The van der Waals surface area contributed by atoms with Gasteiger partial charge in [-0.2, -0.15) is 5.26 Å². The molecule has 0 aromatic heterocycles. The van der Waals surface area contributed by atoms with E-state index in [0.717, 1.165) is 0 Å². The third-order valence-corrected chi connectivity index (χ3v) is 2.50. The summed E-state index contributed by atoms with van der Waals surface area (Å²) in [5.74, 6) is -0.0578. The van der Waals surface area contributed by atoms with Crippen molar-refractivity contribution < 1.29 is 4.39 Å². The number of benzene rings is 1. The van der Waals surface area contributed by atoms with Crippen molar-refractivity contribution in [1.82, 2.24) is 0 Å². The Bertz CT molecular complexity index is 396. The monoisotopic (exact) mass is 221 g/mol. The van der Waals surface area contributed by atoms with Crippen LogP contribution in [0, 0.1) is 23.1 Å². The smallest absolute Gasteiger partial charge is 0.124 e.